The maximum absolute atomic E-state index is 13.2. The Kier molecular flexibility index (Phi) is 6.70. The molecule has 0 atom stereocenters. The molecule has 1 aliphatic carbocycles. The summed E-state index contributed by atoms with van der Waals surface area (Å²) in [5, 5.41) is 7.85. The highest BCUT2D eigenvalue weighted by molar-refractivity contribution is 6.76. The van der Waals surface area contributed by atoms with Gasteiger partial charge in [-0.1, -0.05) is 19.6 Å². The van der Waals surface area contributed by atoms with Crippen LogP contribution in [0.4, 0.5) is 0 Å². The number of amides is 1. The van der Waals surface area contributed by atoms with E-state index in [1.807, 2.05) is 43.3 Å². The summed E-state index contributed by atoms with van der Waals surface area (Å²) in [6.07, 6.45) is 7.99. The number of nitrogens with one attached hydrogen (secondary N) is 1. The van der Waals surface area contributed by atoms with Crippen molar-refractivity contribution >= 4 is 25.1 Å². The molecule has 3 heterocycles. The maximum atomic E-state index is 13.2. The van der Waals surface area contributed by atoms with Gasteiger partial charge >= 0.3 is 0 Å². The molecule has 3 aromatic rings. The molecule has 1 N–H and O–H groups in total. The molecule has 0 saturated heterocycles. The summed E-state index contributed by atoms with van der Waals surface area (Å²) in [7, 11) is 0.817. The number of hydrogen-bond donors (Lipinski definition) is 1. The fraction of sp³-hybridized carbons (Fsp3) is 0.600. The monoisotopic (exact) mass is 482 g/mol. The standard InChI is InChI=1S/C25H38N6O2Si/c1-25(2,3)28-24(32)18-15-31(16-33-12-13-34(5,6)7)23-22(18)27-19(14-26-23)21-17-10-8-9-11-20(17)30(4)29-21/h14-15H,8-13,16H2,1-7H3,(H,28,32). The predicted molar refractivity (Wildman–Crippen MR) is 138 cm³/mol. The lowest BCUT2D eigenvalue weighted by Gasteiger charge is -2.20. The normalized spacial score (nSPS) is 14.4. The number of aryl methyl sites for hydroxylation is 1. The molecule has 0 aromatic carbocycles. The van der Waals surface area contributed by atoms with E-state index in [9.17, 15) is 4.79 Å². The smallest absolute Gasteiger partial charge is 0.255 e. The van der Waals surface area contributed by atoms with Crippen molar-refractivity contribution in [1.82, 2.24) is 29.6 Å². The molecule has 0 aliphatic heterocycles. The fourth-order valence-electron chi connectivity index (χ4n) is 4.36. The molecule has 8 nitrogen and oxygen atoms in total. The first kappa shape index (κ1) is 24.6. The van der Waals surface area contributed by atoms with Crippen LogP contribution < -0.4 is 5.32 Å². The zero-order chi connectivity index (χ0) is 24.7. The number of carbonyl (C=O) groups is 1. The van der Waals surface area contributed by atoms with Crippen LogP contribution in [-0.4, -0.2) is 50.4 Å². The van der Waals surface area contributed by atoms with Crippen LogP contribution in [0, 0.1) is 0 Å². The Morgan fingerprint density at radius 2 is 1.94 bits per heavy atom. The third-order valence-corrected chi connectivity index (χ3v) is 7.84. The Balaban J connectivity index is 1.72. The minimum atomic E-state index is -1.18. The average Bonchev–Trinajstić information content (AvgIpc) is 3.27. The summed E-state index contributed by atoms with van der Waals surface area (Å²) in [6.45, 7) is 14.0. The van der Waals surface area contributed by atoms with Crippen LogP contribution in [0.5, 0.6) is 0 Å². The summed E-state index contributed by atoms with van der Waals surface area (Å²) in [5.74, 6) is -0.159. The van der Waals surface area contributed by atoms with Gasteiger partial charge in [-0.25, -0.2) is 9.97 Å². The predicted octanol–water partition coefficient (Wildman–Crippen LogP) is 4.55. The van der Waals surface area contributed by atoms with Gasteiger partial charge in [0.2, 0.25) is 0 Å². The largest absolute Gasteiger partial charge is 0.361 e. The molecule has 0 fully saturated rings. The van der Waals surface area contributed by atoms with Crippen LogP contribution in [0.1, 0.15) is 55.2 Å². The number of rotatable bonds is 7. The molecule has 184 valence electrons. The van der Waals surface area contributed by atoms with Gasteiger partial charge in [0.15, 0.2) is 5.65 Å². The molecule has 1 aliphatic rings. The average molecular weight is 483 g/mol. The summed E-state index contributed by atoms with van der Waals surface area (Å²) >= 11 is 0. The molecule has 3 aromatic heterocycles. The molecule has 4 rings (SSSR count). The Labute approximate surface area is 203 Å². The number of aromatic nitrogens is 5. The highest BCUT2D eigenvalue weighted by atomic mass is 28.3. The van der Waals surface area contributed by atoms with Crippen molar-refractivity contribution in [3.8, 4) is 11.4 Å². The first-order valence-electron chi connectivity index (χ1n) is 12.2. The molecule has 0 unspecified atom stereocenters. The maximum Gasteiger partial charge on any atom is 0.255 e. The molecule has 34 heavy (non-hydrogen) atoms. The van der Waals surface area contributed by atoms with Crippen LogP contribution in [-0.2, 0) is 31.4 Å². The van der Waals surface area contributed by atoms with Gasteiger partial charge in [-0.05, 0) is 52.5 Å². The topological polar surface area (TPSA) is 86.9 Å². The number of nitrogens with zero attached hydrogens (tertiary/aromatic N) is 5. The first-order valence-corrected chi connectivity index (χ1v) is 15.9. The van der Waals surface area contributed by atoms with E-state index in [2.05, 4.69) is 25.0 Å². The van der Waals surface area contributed by atoms with Crippen molar-refractivity contribution < 1.29 is 9.53 Å². The van der Waals surface area contributed by atoms with Gasteiger partial charge in [0.1, 0.15) is 23.6 Å². The molecule has 1 amide bonds. The van der Waals surface area contributed by atoms with Crippen molar-refractivity contribution in [3.63, 3.8) is 0 Å². The van der Waals surface area contributed by atoms with Crippen molar-refractivity contribution in [2.45, 2.75) is 84.4 Å². The van der Waals surface area contributed by atoms with Gasteiger partial charge in [0, 0.05) is 44.7 Å². The molecule has 0 saturated carbocycles. The van der Waals surface area contributed by atoms with E-state index in [0.717, 1.165) is 31.0 Å². The second-order valence-electron chi connectivity index (χ2n) is 11.6. The van der Waals surface area contributed by atoms with Crippen molar-refractivity contribution in [2.75, 3.05) is 6.61 Å². The van der Waals surface area contributed by atoms with Crippen molar-refractivity contribution in [1.29, 1.82) is 0 Å². The number of carbonyl (C=O) groups excluding carboxylic acids is 1. The van der Waals surface area contributed by atoms with Crippen LogP contribution in [0.2, 0.25) is 25.7 Å². The van der Waals surface area contributed by atoms with E-state index in [1.54, 1.807) is 6.20 Å². The zero-order valence-corrected chi connectivity index (χ0v) is 22.7. The Morgan fingerprint density at radius 1 is 1.21 bits per heavy atom. The molecule has 0 bridgehead atoms. The molecule has 9 heteroatoms. The lowest BCUT2D eigenvalue weighted by atomic mass is 9.95. The summed E-state index contributed by atoms with van der Waals surface area (Å²) in [6, 6.07) is 1.09. The number of ether oxygens (including phenoxy) is 1. The van der Waals surface area contributed by atoms with Gasteiger partial charge in [0.25, 0.3) is 5.91 Å². The molecule has 0 radical (unpaired) electrons. The minimum Gasteiger partial charge on any atom is -0.361 e. The van der Waals surface area contributed by atoms with E-state index in [1.165, 1.54) is 17.7 Å². The Morgan fingerprint density at radius 3 is 2.65 bits per heavy atom. The van der Waals surface area contributed by atoms with Crippen LogP contribution in [0.25, 0.3) is 22.6 Å². The second-order valence-corrected chi connectivity index (χ2v) is 17.2. The van der Waals surface area contributed by atoms with E-state index in [0.29, 0.717) is 35.8 Å². The summed E-state index contributed by atoms with van der Waals surface area (Å²) in [5.41, 5.74) is 5.53. The van der Waals surface area contributed by atoms with Gasteiger partial charge in [0.05, 0.1) is 11.8 Å². The Bertz CT molecular complexity index is 1200. The number of hydrogen-bond acceptors (Lipinski definition) is 5. The quantitative estimate of drug-likeness (QED) is 0.394. The fourth-order valence-corrected chi connectivity index (χ4v) is 5.11. The van der Waals surface area contributed by atoms with Crippen molar-refractivity contribution in [3.05, 3.63) is 29.2 Å². The highest BCUT2D eigenvalue weighted by Gasteiger charge is 2.25. The second kappa shape index (κ2) is 9.26. The van der Waals surface area contributed by atoms with E-state index >= 15 is 0 Å². The van der Waals surface area contributed by atoms with Crippen LogP contribution in [0.3, 0.4) is 0 Å². The SMILES string of the molecule is Cn1nc(-c2cnc3c(n2)c(C(=O)NC(C)(C)C)cn3COCC[Si](C)(C)C)c2c1CCCC2. The highest BCUT2D eigenvalue weighted by Crippen LogP contribution is 2.31. The molecular weight excluding hydrogens is 444 g/mol. The van der Waals surface area contributed by atoms with Crippen LogP contribution >= 0.6 is 0 Å². The Hall–Kier alpha value is -2.52. The van der Waals surface area contributed by atoms with E-state index < -0.39 is 8.07 Å². The summed E-state index contributed by atoms with van der Waals surface area (Å²) in [4.78, 5) is 22.9. The van der Waals surface area contributed by atoms with Gasteiger partial charge in [-0.3, -0.25) is 9.48 Å². The lowest BCUT2D eigenvalue weighted by molar-refractivity contribution is 0.0886. The van der Waals surface area contributed by atoms with E-state index in [-0.39, 0.29) is 11.4 Å². The zero-order valence-electron chi connectivity index (χ0n) is 21.7. The molecular formula is C25H38N6O2Si. The van der Waals surface area contributed by atoms with Crippen LogP contribution in [0.15, 0.2) is 12.4 Å². The first-order chi connectivity index (χ1) is 15.9. The number of fused-ring (bicyclic) bond motifs is 2. The third kappa shape index (κ3) is 5.41. The lowest BCUT2D eigenvalue weighted by Crippen LogP contribution is -2.40. The minimum absolute atomic E-state index is 0.159. The summed E-state index contributed by atoms with van der Waals surface area (Å²) < 4.78 is 9.84. The molecule has 0 spiro atoms. The van der Waals surface area contributed by atoms with Crippen molar-refractivity contribution in [2.24, 2.45) is 7.05 Å². The third-order valence-electron chi connectivity index (χ3n) is 6.13. The van der Waals surface area contributed by atoms with Gasteiger partial charge < -0.3 is 14.6 Å². The van der Waals surface area contributed by atoms with Gasteiger partial charge in [-0.2, -0.15) is 5.10 Å². The van der Waals surface area contributed by atoms with Gasteiger partial charge in [-0.15, -0.1) is 0 Å². The van der Waals surface area contributed by atoms with E-state index in [4.69, 9.17) is 19.8 Å².